The smallest absolute Gasteiger partial charge is 0.237 e. The molecule has 1 aliphatic rings. The minimum absolute atomic E-state index is 0.118. The molecule has 0 bridgehead atoms. The monoisotopic (exact) mass is 412 g/mol. The number of rotatable bonds is 6. The lowest BCUT2D eigenvalue weighted by molar-refractivity contribution is -0.115. The zero-order chi connectivity index (χ0) is 20.4. The third kappa shape index (κ3) is 4.00. The van der Waals surface area contributed by atoms with Gasteiger partial charge in [0.1, 0.15) is 5.75 Å². The second-order valence-corrected chi connectivity index (χ2v) is 7.72. The summed E-state index contributed by atoms with van der Waals surface area (Å²) in [6.07, 6.45) is 0. The van der Waals surface area contributed by atoms with E-state index in [2.05, 4.69) is 15.5 Å². The van der Waals surface area contributed by atoms with Crippen LogP contribution in [0.4, 0.5) is 5.69 Å². The van der Waals surface area contributed by atoms with E-state index >= 15 is 0 Å². The van der Waals surface area contributed by atoms with Gasteiger partial charge in [-0.1, -0.05) is 11.8 Å². The number of anilines is 1. The molecule has 8 nitrogen and oxygen atoms in total. The molecule has 4 rings (SSSR count). The topological polar surface area (TPSA) is 87.5 Å². The van der Waals surface area contributed by atoms with Gasteiger partial charge in [0.2, 0.25) is 12.7 Å². The third-order valence-electron chi connectivity index (χ3n) is 4.47. The number of nitrogens with zero attached hydrogens (tertiary/aromatic N) is 3. The van der Waals surface area contributed by atoms with Crippen molar-refractivity contribution < 1.29 is 19.0 Å². The van der Waals surface area contributed by atoms with Gasteiger partial charge >= 0.3 is 0 Å². The maximum Gasteiger partial charge on any atom is 0.237 e. The molecule has 1 aliphatic heterocycles. The van der Waals surface area contributed by atoms with Crippen molar-refractivity contribution in [2.24, 2.45) is 7.05 Å². The van der Waals surface area contributed by atoms with Crippen LogP contribution >= 0.6 is 11.8 Å². The SMILES string of the molecule is COc1ccc(NC(=O)[C@H](C)Sc2nnc(-c3ccc4c(c3)OCO4)n2C)cc1. The molecule has 29 heavy (non-hydrogen) atoms. The van der Waals surface area contributed by atoms with Gasteiger partial charge in [0.05, 0.1) is 12.4 Å². The number of carbonyl (C=O) groups excluding carboxylic acids is 1. The van der Waals surface area contributed by atoms with Crippen molar-refractivity contribution in [3.05, 3.63) is 42.5 Å². The molecule has 1 atom stereocenters. The molecule has 150 valence electrons. The average Bonchev–Trinajstić information content (AvgIpc) is 3.34. The number of methoxy groups -OCH3 is 1. The van der Waals surface area contributed by atoms with Gasteiger partial charge in [-0.15, -0.1) is 10.2 Å². The second-order valence-electron chi connectivity index (χ2n) is 6.41. The van der Waals surface area contributed by atoms with Crippen molar-refractivity contribution in [1.29, 1.82) is 0 Å². The molecule has 2 heterocycles. The number of fused-ring (bicyclic) bond motifs is 1. The third-order valence-corrected chi connectivity index (χ3v) is 5.61. The fourth-order valence-electron chi connectivity index (χ4n) is 2.83. The van der Waals surface area contributed by atoms with E-state index in [1.54, 1.807) is 31.4 Å². The van der Waals surface area contributed by atoms with E-state index in [-0.39, 0.29) is 18.0 Å². The van der Waals surface area contributed by atoms with E-state index in [1.807, 2.05) is 36.7 Å². The number of ether oxygens (including phenoxy) is 3. The van der Waals surface area contributed by atoms with E-state index in [0.29, 0.717) is 28.2 Å². The summed E-state index contributed by atoms with van der Waals surface area (Å²) < 4.78 is 17.8. The maximum absolute atomic E-state index is 12.5. The van der Waals surface area contributed by atoms with Crippen LogP contribution in [0.2, 0.25) is 0 Å². The molecular formula is C20H20N4O4S. The van der Waals surface area contributed by atoms with E-state index in [0.717, 1.165) is 11.3 Å². The number of carbonyl (C=O) groups is 1. The quantitative estimate of drug-likeness (QED) is 0.621. The number of benzene rings is 2. The van der Waals surface area contributed by atoms with Gasteiger partial charge in [-0.25, -0.2) is 0 Å². The first-order chi connectivity index (χ1) is 14.0. The predicted molar refractivity (Wildman–Crippen MR) is 110 cm³/mol. The summed E-state index contributed by atoms with van der Waals surface area (Å²) in [6.45, 7) is 2.05. The first-order valence-corrected chi connectivity index (χ1v) is 9.84. The summed E-state index contributed by atoms with van der Waals surface area (Å²) in [4.78, 5) is 12.5. The number of aromatic nitrogens is 3. The summed E-state index contributed by atoms with van der Waals surface area (Å²) in [5.41, 5.74) is 1.58. The molecule has 1 N–H and O–H groups in total. The van der Waals surface area contributed by atoms with E-state index in [4.69, 9.17) is 14.2 Å². The van der Waals surface area contributed by atoms with Crippen molar-refractivity contribution in [2.45, 2.75) is 17.3 Å². The Labute approximate surface area is 172 Å². The largest absolute Gasteiger partial charge is 0.497 e. The van der Waals surface area contributed by atoms with Crippen molar-refractivity contribution in [1.82, 2.24) is 14.8 Å². The number of nitrogens with one attached hydrogen (secondary N) is 1. The Kier molecular flexibility index (Phi) is 5.30. The number of amides is 1. The molecule has 0 saturated heterocycles. The molecule has 3 aromatic rings. The molecule has 0 unspecified atom stereocenters. The van der Waals surface area contributed by atoms with E-state index in [9.17, 15) is 4.79 Å². The van der Waals surface area contributed by atoms with E-state index < -0.39 is 0 Å². The van der Waals surface area contributed by atoms with Gasteiger partial charge < -0.3 is 24.1 Å². The van der Waals surface area contributed by atoms with Gasteiger partial charge in [0.15, 0.2) is 22.5 Å². The van der Waals surface area contributed by atoms with Crippen LogP contribution in [0.25, 0.3) is 11.4 Å². The first-order valence-electron chi connectivity index (χ1n) is 8.96. The summed E-state index contributed by atoms with van der Waals surface area (Å²) in [6, 6.07) is 12.8. The van der Waals surface area contributed by atoms with E-state index in [1.165, 1.54) is 11.8 Å². The highest BCUT2D eigenvalue weighted by Crippen LogP contribution is 2.36. The number of hydrogen-bond donors (Lipinski definition) is 1. The highest BCUT2D eigenvalue weighted by atomic mass is 32.2. The minimum atomic E-state index is -0.357. The molecular weight excluding hydrogens is 392 g/mol. The van der Waals surface area contributed by atoms with Crippen LogP contribution in [0, 0.1) is 0 Å². The zero-order valence-corrected chi connectivity index (χ0v) is 17.0. The highest BCUT2D eigenvalue weighted by molar-refractivity contribution is 8.00. The molecule has 0 aliphatic carbocycles. The Morgan fingerprint density at radius 3 is 2.69 bits per heavy atom. The fourth-order valence-corrected chi connectivity index (χ4v) is 3.65. The van der Waals surface area contributed by atoms with Crippen molar-refractivity contribution in [3.63, 3.8) is 0 Å². The lowest BCUT2D eigenvalue weighted by Crippen LogP contribution is -2.22. The summed E-state index contributed by atoms with van der Waals surface area (Å²) >= 11 is 1.34. The van der Waals surface area contributed by atoms with Gasteiger partial charge in [0, 0.05) is 18.3 Å². The van der Waals surface area contributed by atoms with Crippen LogP contribution in [0.3, 0.4) is 0 Å². The van der Waals surface area contributed by atoms with Crippen LogP contribution in [-0.4, -0.2) is 39.8 Å². The Morgan fingerprint density at radius 1 is 1.17 bits per heavy atom. The van der Waals surface area contributed by atoms with Gasteiger partial charge in [0.25, 0.3) is 0 Å². The molecule has 0 fully saturated rings. The molecule has 1 aromatic heterocycles. The Bertz CT molecular complexity index is 1040. The van der Waals surface area contributed by atoms with Crippen LogP contribution < -0.4 is 19.5 Å². The second kappa shape index (κ2) is 8.04. The van der Waals surface area contributed by atoms with Crippen LogP contribution in [0.1, 0.15) is 6.92 Å². The first kappa shape index (κ1) is 19.1. The van der Waals surface area contributed by atoms with Crippen molar-refractivity contribution in [2.75, 3.05) is 19.2 Å². The molecule has 0 spiro atoms. The van der Waals surface area contributed by atoms with Crippen molar-refractivity contribution >= 4 is 23.4 Å². The Morgan fingerprint density at radius 2 is 1.93 bits per heavy atom. The normalized spacial score (nSPS) is 13.2. The minimum Gasteiger partial charge on any atom is -0.497 e. The van der Waals surface area contributed by atoms with Gasteiger partial charge in [-0.3, -0.25) is 4.79 Å². The number of hydrogen-bond acceptors (Lipinski definition) is 7. The van der Waals surface area contributed by atoms with Crippen LogP contribution in [-0.2, 0) is 11.8 Å². The zero-order valence-electron chi connectivity index (χ0n) is 16.2. The van der Waals surface area contributed by atoms with Crippen LogP contribution in [0.5, 0.6) is 17.2 Å². The molecule has 9 heteroatoms. The van der Waals surface area contributed by atoms with Crippen molar-refractivity contribution in [3.8, 4) is 28.6 Å². The molecule has 2 aromatic carbocycles. The maximum atomic E-state index is 12.5. The van der Waals surface area contributed by atoms with Crippen LogP contribution in [0.15, 0.2) is 47.6 Å². The number of thioether (sulfide) groups is 1. The predicted octanol–water partition coefficient (Wildman–Crippen LogP) is 3.34. The van der Waals surface area contributed by atoms with Gasteiger partial charge in [-0.05, 0) is 49.4 Å². The summed E-state index contributed by atoms with van der Waals surface area (Å²) in [5.74, 6) is 2.71. The molecule has 1 amide bonds. The Balaban J connectivity index is 1.44. The lowest BCUT2D eigenvalue weighted by Gasteiger charge is -2.12. The summed E-state index contributed by atoms with van der Waals surface area (Å²) in [7, 11) is 3.47. The lowest BCUT2D eigenvalue weighted by atomic mass is 10.2. The standard InChI is InChI=1S/C20H20N4O4S/c1-12(19(25)21-14-5-7-15(26-3)8-6-14)29-20-23-22-18(24(20)2)13-4-9-16-17(10-13)28-11-27-16/h4-10,12H,11H2,1-3H3,(H,21,25)/t12-/m0/s1. The summed E-state index contributed by atoms with van der Waals surface area (Å²) in [5, 5.41) is 11.7. The molecule has 0 radical (unpaired) electrons. The van der Waals surface area contributed by atoms with Gasteiger partial charge in [-0.2, -0.15) is 0 Å². The highest BCUT2D eigenvalue weighted by Gasteiger charge is 2.21. The molecule has 0 saturated carbocycles. The Hall–Kier alpha value is -3.20. The average molecular weight is 412 g/mol. The fraction of sp³-hybridized carbons (Fsp3) is 0.250.